The molecular weight excluding hydrogens is 282 g/mol. The van der Waals surface area contributed by atoms with Gasteiger partial charge >= 0.3 is 0 Å². The van der Waals surface area contributed by atoms with Crippen molar-refractivity contribution in [1.29, 1.82) is 0 Å². The summed E-state index contributed by atoms with van der Waals surface area (Å²) < 4.78 is 5.30. The van der Waals surface area contributed by atoms with E-state index < -0.39 is 5.41 Å². The predicted molar refractivity (Wildman–Crippen MR) is 84.5 cm³/mol. The highest BCUT2D eigenvalue weighted by Crippen LogP contribution is 2.47. The summed E-state index contributed by atoms with van der Waals surface area (Å²) >= 11 is 0. The second-order valence-electron chi connectivity index (χ2n) is 6.37. The lowest BCUT2D eigenvalue weighted by Crippen LogP contribution is -2.47. The second kappa shape index (κ2) is 7.92. The number of amides is 2. The fraction of sp³-hybridized carbons (Fsp3) is 0.875. The molecule has 22 heavy (non-hydrogen) atoms. The monoisotopic (exact) mass is 311 g/mol. The molecule has 0 atom stereocenters. The highest BCUT2D eigenvalue weighted by atomic mass is 16.5. The molecule has 0 spiro atoms. The Morgan fingerprint density at radius 3 is 2.55 bits per heavy atom. The van der Waals surface area contributed by atoms with Gasteiger partial charge < -0.3 is 15.0 Å². The van der Waals surface area contributed by atoms with E-state index in [-0.39, 0.29) is 11.8 Å². The average molecular weight is 311 g/mol. The van der Waals surface area contributed by atoms with Gasteiger partial charge in [-0.1, -0.05) is 13.3 Å². The summed E-state index contributed by atoms with van der Waals surface area (Å²) in [6.45, 7) is 7.62. The van der Waals surface area contributed by atoms with E-state index in [1.807, 2.05) is 0 Å². The molecule has 2 aliphatic rings. The van der Waals surface area contributed by atoms with Gasteiger partial charge in [0, 0.05) is 39.8 Å². The molecular formula is C16H29N3O3. The van der Waals surface area contributed by atoms with Crippen molar-refractivity contribution in [2.75, 3.05) is 53.0 Å². The van der Waals surface area contributed by atoms with Crippen LogP contribution in [-0.4, -0.2) is 74.6 Å². The van der Waals surface area contributed by atoms with Crippen molar-refractivity contribution in [1.82, 2.24) is 15.1 Å². The van der Waals surface area contributed by atoms with Gasteiger partial charge in [-0.3, -0.25) is 14.5 Å². The molecule has 1 aliphatic heterocycles. The van der Waals surface area contributed by atoms with Gasteiger partial charge in [0.05, 0.1) is 13.2 Å². The molecule has 2 amide bonds. The summed E-state index contributed by atoms with van der Waals surface area (Å²) in [4.78, 5) is 28.9. The van der Waals surface area contributed by atoms with E-state index in [1.165, 1.54) is 0 Å². The molecule has 0 aromatic rings. The molecule has 0 bridgehead atoms. The lowest BCUT2D eigenvalue weighted by molar-refractivity contribution is -0.143. The van der Waals surface area contributed by atoms with Crippen LogP contribution in [0.5, 0.6) is 0 Å². The lowest BCUT2D eigenvalue weighted by atomic mass is 10.0. The van der Waals surface area contributed by atoms with Crippen LogP contribution in [0.2, 0.25) is 0 Å². The summed E-state index contributed by atoms with van der Waals surface area (Å²) in [5.74, 6) is -0.0982. The number of ether oxygens (including phenoxy) is 1. The summed E-state index contributed by atoms with van der Waals surface area (Å²) in [5, 5.41) is 2.96. The first-order valence-corrected chi connectivity index (χ1v) is 8.44. The number of nitrogens with zero attached hydrogens (tertiary/aromatic N) is 2. The number of unbranched alkanes of at least 4 members (excludes halogenated alkanes) is 1. The summed E-state index contributed by atoms with van der Waals surface area (Å²) in [6.07, 6.45) is 3.41. The molecule has 2 rings (SSSR count). The van der Waals surface area contributed by atoms with Gasteiger partial charge in [-0.2, -0.15) is 0 Å². The number of carbonyl (C=O) groups excluding carboxylic acids is 2. The Balaban J connectivity index is 1.74. The molecule has 6 heteroatoms. The van der Waals surface area contributed by atoms with Crippen LogP contribution in [0.1, 0.15) is 32.6 Å². The number of carbonyl (C=O) groups is 2. The van der Waals surface area contributed by atoms with Crippen molar-refractivity contribution in [2.45, 2.75) is 32.6 Å². The van der Waals surface area contributed by atoms with E-state index in [0.29, 0.717) is 19.4 Å². The maximum atomic E-state index is 12.5. The standard InChI is InChI=1S/C16H29N3O3/c1-3-4-8-18(2)15(21)16(5-6-16)14(20)17-7-9-19-10-12-22-13-11-19/h3-13H2,1-2H3,(H,17,20). The Morgan fingerprint density at radius 2 is 1.95 bits per heavy atom. The smallest absolute Gasteiger partial charge is 0.238 e. The Morgan fingerprint density at radius 1 is 1.27 bits per heavy atom. The third kappa shape index (κ3) is 4.20. The van der Waals surface area contributed by atoms with Crippen molar-refractivity contribution in [3.05, 3.63) is 0 Å². The summed E-state index contributed by atoms with van der Waals surface area (Å²) in [5.41, 5.74) is -0.770. The molecule has 0 radical (unpaired) electrons. The highest BCUT2D eigenvalue weighted by Gasteiger charge is 2.57. The third-order valence-electron chi connectivity index (χ3n) is 4.61. The van der Waals surface area contributed by atoms with Crippen LogP contribution in [0.3, 0.4) is 0 Å². The highest BCUT2D eigenvalue weighted by molar-refractivity contribution is 6.07. The minimum absolute atomic E-state index is 0.00942. The molecule has 2 fully saturated rings. The van der Waals surface area contributed by atoms with Crippen molar-refractivity contribution >= 4 is 11.8 Å². The summed E-state index contributed by atoms with van der Waals surface area (Å²) in [6, 6.07) is 0. The van der Waals surface area contributed by atoms with Gasteiger partial charge in [0.2, 0.25) is 11.8 Å². The first-order valence-electron chi connectivity index (χ1n) is 8.44. The lowest BCUT2D eigenvalue weighted by Gasteiger charge is -2.27. The van der Waals surface area contributed by atoms with Crippen molar-refractivity contribution in [3.63, 3.8) is 0 Å². The molecule has 126 valence electrons. The molecule has 1 heterocycles. The van der Waals surface area contributed by atoms with Crippen LogP contribution in [0.4, 0.5) is 0 Å². The van der Waals surface area contributed by atoms with E-state index in [0.717, 1.165) is 52.2 Å². The molecule has 6 nitrogen and oxygen atoms in total. The normalized spacial score (nSPS) is 20.5. The largest absolute Gasteiger partial charge is 0.379 e. The number of nitrogens with one attached hydrogen (secondary N) is 1. The van der Waals surface area contributed by atoms with Crippen molar-refractivity contribution in [3.8, 4) is 0 Å². The van der Waals surface area contributed by atoms with Gasteiger partial charge in [-0.05, 0) is 19.3 Å². The zero-order chi connectivity index (χ0) is 16.0. The van der Waals surface area contributed by atoms with Gasteiger partial charge in [-0.15, -0.1) is 0 Å². The molecule has 1 saturated carbocycles. The fourth-order valence-corrected chi connectivity index (χ4v) is 2.85. The van der Waals surface area contributed by atoms with Crippen LogP contribution < -0.4 is 5.32 Å². The maximum absolute atomic E-state index is 12.5. The first kappa shape index (κ1) is 17.2. The molecule has 0 aromatic heterocycles. The fourth-order valence-electron chi connectivity index (χ4n) is 2.85. The number of hydrogen-bond donors (Lipinski definition) is 1. The topological polar surface area (TPSA) is 61.9 Å². The third-order valence-corrected chi connectivity index (χ3v) is 4.61. The van der Waals surface area contributed by atoms with E-state index in [9.17, 15) is 9.59 Å². The Labute approximate surface area is 133 Å². The molecule has 0 aromatic carbocycles. The first-order chi connectivity index (χ1) is 10.6. The predicted octanol–water partition coefficient (Wildman–Crippen LogP) is 0.474. The SMILES string of the molecule is CCCCN(C)C(=O)C1(C(=O)NCCN2CCOCC2)CC1. The average Bonchev–Trinajstić information content (AvgIpc) is 3.34. The molecule has 0 unspecified atom stereocenters. The molecule has 1 saturated heterocycles. The molecule has 1 aliphatic carbocycles. The Hall–Kier alpha value is -1.14. The number of morpholine rings is 1. The zero-order valence-corrected chi connectivity index (χ0v) is 13.9. The number of hydrogen-bond acceptors (Lipinski definition) is 4. The van der Waals surface area contributed by atoms with Crippen molar-refractivity contribution in [2.24, 2.45) is 5.41 Å². The van der Waals surface area contributed by atoms with Crippen LogP contribution in [0.25, 0.3) is 0 Å². The summed E-state index contributed by atoms with van der Waals surface area (Å²) in [7, 11) is 1.80. The van der Waals surface area contributed by atoms with E-state index >= 15 is 0 Å². The van der Waals surface area contributed by atoms with E-state index in [1.54, 1.807) is 11.9 Å². The molecule has 1 N–H and O–H groups in total. The van der Waals surface area contributed by atoms with Crippen LogP contribution >= 0.6 is 0 Å². The van der Waals surface area contributed by atoms with Gasteiger partial charge in [-0.25, -0.2) is 0 Å². The van der Waals surface area contributed by atoms with Gasteiger partial charge in [0.15, 0.2) is 0 Å². The van der Waals surface area contributed by atoms with Crippen LogP contribution in [-0.2, 0) is 14.3 Å². The van der Waals surface area contributed by atoms with Crippen LogP contribution in [0.15, 0.2) is 0 Å². The second-order valence-corrected chi connectivity index (χ2v) is 6.37. The maximum Gasteiger partial charge on any atom is 0.238 e. The van der Waals surface area contributed by atoms with Crippen molar-refractivity contribution < 1.29 is 14.3 Å². The zero-order valence-electron chi connectivity index (χ0n) is 13.9. The van der Waals surface area contributed by atoms with Gasteiger partial charge in [0.1, 0.15) is 5.41 Å². The van der Waals surface area contributed by atoms with E-state index in [2.05, 4.69) is 17.1 Å². The quantitative estimate of drug-likeness (QED) is 0.662. The minimum Gasteiger partial charge on any atom is -0.379 e. The van der Waals surface area contributed by atoms with Gasteiger partial charge in [0.25, 0.3) is 0 Å². The van der Waals surface area contributed by atoms with E-state index in [4.69, 9.17) is 4.74 Å². The minimum atomic E-state index is -0.770. The Kier molecular flexibility index (Phi) is 6.20. The Bertz CT molecular complexity index is 390. The van der Waals surface area contributed by atoms with Crippen LogP contribution in [0, 0.1) is 5.41 Å². The number of rotatable bonds is 8.